The standard InChI is InChI=1S/C17H25F3N2O3.ClH/c1-4-11(2)15(21)16(24)22(3)9-13(23)10-25-14-7-5-12(6-8-14)17(18,19)20;/h5-8,11,13,15,23H,4,9-10,21H2,1-3H3;1H. The number of aliphatic hydroxyl groups is 1. The summed E-state index contributed by atoms with van der Waals surface area (Å²) in [5.74, 6) is -0.0456. The van der Waals surface area contributed by atoms with E-state index < -0.39 is 23.9 Å². The summed E-state index contributed by atoms with van der Waals surface area (Å²) in [6, 6.07) is 3.54. The molecule has 9 heteroatoms. The smallest absolute Gasteiger partial charge is 0.416 e. The van der Waals surface area contributed by atoms with E-state index in [0.29, 0.717) is 0 Å². The van der Waals surface area contributed by atoms with Crippen molar-refractivity contribution in [3.8, 4) is 5.75 Å². The van der Waals surface area contributed by atoms with Crippen LogP contribution >= 0.6 is 12.4 Å². The number of nitrogens with zero attached hydrogens (tertiary/aromatic N) is 1. The molecule has 1 aromatic rings. The van der Waals surface area contributed by atoms with Crippen molar-refractivity contribution >= 4 is 18.3 Å². The summed E-state index contributed by atoms with van der Waals surface area (Å²) < 4.78 is 42.7. The van der Waals surface area contributed by atoms with Gasteiger partial charge in [-0.3, -0.25) is 4.79 Å². The third kappa shape index (κ3) is 7.39. The number of benzene rings is 1. The Labute approximate surface area is 157 Å². The lowest BCUT2D eigenvalue weighted by Gasteiger charge is -2.26. The van der Waals surface area contributed by atoms with Crippen molar-refractivity contribution in [2.24, 2.45) is 11.7 Å². The molecular formula is C17H26ClF3N2O3. The number of hydrogen-bond donors (Lipinski definition) is 2. The number of amides is 1. The van der Waals surface area contributed by atoms with E-state index in [4.69, 9.17) is 10.5 Å². The highest BCUT2D eigenvalue weighted by atomic mass is 35.5. The highest BCUT2D eigenvalue weighted by Crippen LogP contribution is 2.30. The first-order valence-electron chi connectivity index (χ1n) is 8.05. The molecule has 1 rings (SSSR count). The monoisotopic (exact) mass is 398 g/mol. The molecule has 1 amide bonds. The molecule has 26 heavy (non-hydrogen) atoms. The number of carbonyl (C=O) groups excluding carboxylic acids is 1. The Morgan fingerprint density at radius 2 is 1.85 bits per heavy atom. The third-order valence-electron chi connectivity index (χ3n) is 4.03. The lowest BCUT2D eigenvalue weighted by atomic mass is 9.99. The van der Waals surface area contributed by atoms with Gasteiger partial charge in [-0.25, -0.2) is 0 Å². The lowest BCUT2D eigenvalue weighted by Crippen LogP contribution is -2.48. The van der Waals surface area contributed by atoms with Crippen LogP contribution in [-0.4, -0.2) is 48.3 Å². The average Bonchev–Trinajstić information content (AvgIpc) is 2.57. The van der Waals surface area contributed by atoms with Crippen molar-refractivity contribution in [1.29, 1.82) is 0 Å². The van der Waals surface area contributed by atoms with Crippen molar-refractivity contribution in [1.82, 2.24) is 4.90 Å². The number of carbonyl (C=O) groups is 1. The summed E-state index contributed by atoms with van der Waals surface area (Å²) in [6.45, 7) is 3.68. The van der Waals surface area contributed by atoms with Gasteiger partial charge in [0.05, 0.1) is 11.6 Å². The van der Waals surface area contributed by atoms with E-state index in [1.807, 2.05) is 13.8 Å². The van der Waals surface area contributed by atoms with Gasteiger partial charge in [-0.1, -0.05) is 20.3 Å². The van der Waals surface area contributed by atoms with E-state index in [9.17, 15) is 23.1 Å². The molecule has 0 aliphatic carbocycles. The molecule has 0 radical (unpaired) electrons. The quantitative estimate of drug-likeness (QED) is 0.706. The Hall–Kier alpha value is -1.51. The van der Waals surface area contributed by atoms with Crippen molar-refractivity contribution in [2.75, 3.05) is 20.2 Å². The van der Waals surface area contributed by atoms with Gasteiger partial charge in [-0.15, -0.1) is 12.4 Å². The number of nitrogens with two attached hydrogens (primary N) is 1. The molecule has 0 aromatic heterocycles. The van der Waals surface area contributed by atoms with Crippen molar-refractivity contribution in [3.05, 3.63) is 29.8 Å². The fraction of sp³-hybridized carbons (Fsp3) is 0.588. The summed E-state index contributed by atoms with van der Waals surface area (Å²) in [7, 11) is 1.53. The van der Waals surface area contributed by atoms with Crippen LogP contribution in [-0.2, 0) is 11.0 Å². The number of aliphatic hydroxyl groups excluding tert-OH is 1. The summed E-state index contributed by atoms with van der Waals surface area (Å²) in [5.41, 5.74) is 5.09. The van der Waals surface area contributed by atoms with Gasteiger partial charge < -0.3 is 20.5 Å². The normalized spacial score (nSPS) is 14.8. The largest absolute Gasteiger partial charge is 0.491 e. The number of halogens is 4. The molecule has 5 nitrogen and oxygen atoms in total. The Morgan fingerprint density at radius 1 is 1.31 bits per heavy atom. The summed E-state index contributed by atoms with van der Waals surface area (Å²) in [4.78, 5) is 13.5. The van der Waals surface area contributed by atoms with Gasteiger partial charge >= 0.3 is 6.18 Å². The first kappa shape index (κ1) is 24.5. The van der Waals surface area contributed by atoms with Crippen molar-refractivity contribution in [2.45, 2.75) is 38.6 Å². The van der Waals surface area contributed by atoms with Crippen LogP contribution in [0.25, 0.3) is 0 Å². The molecule has 0 saturated heterocycles. The highest BCUT2D eigenvalue weighted by Gasteiger charge is 2.30. The van der Waals surface area contributed by atoms with Gasteiger partial charge in [-0.05, 0) is 30.2 Å². The van der Waals surface area contributed by atoms with Crippen molar-refractivity contribution in [3.63, 3.8) is 0 Å². The Bertz CT molecular complexity index is 555. The van der Waals surface area contributed by atoms with Crippen LogP contribution in [0.1, 0.15) is 25.8 Å². The van der Waals surface area contributed by atoms with E-state index >= 15 is 0 Å². The zero-order valence-electron chi connectivity index (χ0n) is 15.0. The van der Waals surface area contributed by atoms with E-state index in [1.54, 1.807) is 0 Å². The van der Waals surface area contributed by atoms with Gasteiger partial charge in [0.15, 0.2) is 0 Å². The number of likely N-dealkylation sites (N-methyl/N-ethyl adjacent to an activating group) is 1. The number of rotatable bonds is 8. The van der Waals surface area contributed by atoms with Crippen LogP contribution in [0, 0.1) is 5.92 Å². The number of ether oxygens (including phenoxy) is 1. The van der Waals surface area contributed by atoms with Gasteiger partial charge in [0.1, 0.15) is 18.5 Å². The minimum atomic E-state index is -4.41. The average molecular weight is 399 g/mol. The zero-order chi connectivity index (χ0) is 19.2. The SMILES string of the molecule is CCC(C)C(N)C(=O)N(C)CC(O)COc1ccc(C(F)(F)F)cc1.Cl. The predicted octanol–water partition coefficient (Wildman–Crippen LogP) is 2.70. The minimum Gasteiger partial charge on any atom is -0.491 e. The fourth-order valence-electron chi connectivity index (χ4n) is 2.14. The maximum atomic E-state index is 12.5. The predicted molar refractivity (Wildman–Crippen MR) is 95.3 cm³/mol. The molecule has 0 aliphatic rings. The van der Waals surface area contributed by atoms with Crippen LogP contribution < -0.4 is 10.5 Å². The second-order valence-electron chi connectivity index (χ2n) is 6.12. The Morgan fingerprint density at radius 3 is 2.31 bits per heavy atom. The molecule has 0 heterocycles. The molecule has 1 aromatic carbocycles. The van der Waals surface area contributed by atoms with Crippen LogP contribution in [0.3, 0.4) is 0 Å². The third-order valence-corrected chi connectivity index (χ3v) is 4.03. The summed E-state index contributed by atoms with van der Waals surface area (Å²) in [6.07, 6.45) is -4.63. The molecule has 0 aliphatic heterocycles. The molecule has 0 saturated carbocycles. The van der Waals surface area contributed by atoms with E-state index in [2.05, 4.69) is 0 Å². The van der Waals surface area contributed by atoms with Gasteiger partial charge in [0, 0.05) is 13.6 Å². The Kier molecular flexibility index (Phi) is 9.98. The molecule has 0 bridgehead atoms. The maximum absolute atomic E-state index is 12.5. The summed E-state index contributed by atoms with van der Waals surface area (Å²) in [5, 5.41) is 9.95. The van der Waals surface area contributed by atoms with E-state index in [0.717, 1.165) is 18.6 Å². The molecule has 150 valence electrons. The lowest BCUT2D eigenvalue weighted by molar-refractivity contribution is -0.137. The van der Waals surface area contributed by atoms with E-state index in [1.165, 1.54) is 24.1 Å². The fourth-order valence-corrected chi connectivity index (χ4v) is 2.14. The van der Waals surface area contributed by atoms with Crippen molar-refractivity contribution < 1.29 is 27.8 Å². The van der Waals surface area contributed by atoms with Crippen LogP contribution in [0.5, 0.6) is 5.75 Å². The van der Waals surface area contributed by atoms with Gasteiger partial charge in [0.25, 0.3) is 0 Å². The van der Waals surface area contributed by atoms with E-state index in [-0.39, 0.29) is 43.1 Å². The first-order valence-corrected chi connectivity index (χ1v) is 8.05. The maximum Gasteiger partial charge on any atom is 0.416 e. The topological polar surface area (TPSA) is 75.8 Å². The summed E-state index contributed by atoms with van der Waals surface area (Å²) >= 11 is 0. The molecule has 0 spiro atoms. The molecule has 3 N–H and O–H groups in total. The number of hydrogen-bond acceptors (Lipinski definition) is 4. The van der Waals surface area contributed by atoms with Crippen LogP contribution in [0.2, 0.25) is 0 Å². The molecule has 3 atom stereocenters. The van der Waals surface area contributed by atoms with Crippen LogP contribution in [0.15, 0.2) is 24.3 Å². The van der Waals surface area contributed by atoms with Crippen LogP contribution in [0.4, 0.5) is 13.2 Å². The second kappa shape index (κ2) is 10.6. The second-order valence-corrected chi connectivity index (χ2v) is 6.12. The van der Waals surface area contributed by atoms with Gasteiger partial charge in [-0.2, -0.15) is 13.2 Å². The first-order chi connectivity index (χ1) is 11.6. The van der Waals surface area contributed by atoms with Gasteiger partial charge in [0.2, 0.25) is 5.91 Å². The zero-order valence-corrected chi connectivity index (χ0v) is 15.8. The highest BCUT2D eigenvalue weighted by molar-refractivity contribution is 5.85. The minimum absolute atomic E-state index is 0. The Balaban J connectivity index is 0.00000625. The molecular weight excluding hydrogens is 373 g/mol. The molecule has 3 unspecified atom stereocenters. The molecule has 0 fully saturated rings. The number of alkyl halides is 3.